The van der Waals surface area contributed by atoms with E-state index in [4.69, 9.17) is 0 Å². The molecule has 0 atom stereocenters. The molecule has 0 heteroatoms. The van der Waals surface area contributed by atoms with Crippen LogP contribution in [-0.4, -0.2) is 0 Å². The van der Waals surface area contributed by atoms with Gasteiger partial charge in [0.15, 0.2) is 0 Å². The maximum Gasteiger partial charge on any atom is -0.00262 e. The zero-order chi connectivity index (χ0) is 98.3. The fraction of sp³-hybridized carbons (Fsp3) is 0.250. The number of benzene rings is 17. The monoisotopic (exact) mass is 1780 g/mol. The number of aryl methyl sites for hydroxylation is 19. The van der Waals surface area contributed by atoms with E-state index >= 15 is 0 Å². The molecule has 688 valence electrons. The van der Waals surface area contributed by atoms with E-state index in [1.807, 2.05) is 27.7 Å². The Balaban J connectivity index is 0.000000211. The summed E-state index contributed by atoms with van der Waals surface area (Å²) < 4.78 is 0. The maximum atomic E-state index is 2.49. The van der Waals surface area contributed by atoms with Crippen LogP contribution in [0.3, 0.4) is 0 Å². The molecule has 0 unspecified atom stereocenters. The lowest BCUT2D eigenvalue weighted by Gasteiger charge is -2.23. The van der Waals surface area contributed by atoms with Crippen LogP contribution in [0.2, 0.25) is 0 Å². The van der Waals surface area contributed by atoms with Gasteiger partial charge in [-0.2, -0.15) is 0 Å². The van der Waals surface area contributed by atoms with Crippen LogP contribution < -0.4 is 0 Å². The van der Waals surface area contributed by atoms with Gasteiger partial charge in [-0.05, 0) is 620 Å². The van der Waals surface area contributed by atoms with Gasteiger partial charge in [0, 0.05) is 0 Å². The van der Waals surface area contributed by atoms with Crippen molar-refractivity contribution in [2.75, 3.05) is 0 Å². The Morgan fingerprint density at radius 1 is 0.0956 bits per heavy atom. The van der Waals surface area contributed by atoms with Gasteiger partial charge in [0.2, 0.25) is 0 Å². The van der Waals surface area contributed by atoms with Crippen molar-refractivity contribution in [1.29, 1.82) is 0 Å². The summed E-state index contributed by atoms with van der Waals surface area (Å²) >= 11 is 0. The number of hydrogen-bond acceptors (Lipinski definition) is 0. The highest BCUT2D eigenvalue weighted by Gasteiger charge is 2.26. The highest BCUT2D eigenvalue weighted by molar-refractivity contribution is 6.01. The zero-order valence-corrected chi connectivity index (χ0v) is 88.2. The quantitative estimate of drug-likeness (QED) is 0.0960. The molecule has 0 nitrogen and oxygen atoms in total. The molecule has 136 heavy (non-hydrogen) atoms. The van der Waals surface area contributed by atoms with Crippen LogP contribution in [0.4, 0.5) is 0 Å². The van der Waals surface area contributed by atoms with Gasteiger partial charge in [-0.1, -0.05) is 204 Å². The van der Waals surface area contributed by atoms with E-state index in [0.717, 1.165) is 0 Å². The van der Waals surface area contributed by atoms with E-state index in [1.165, 1.54) is 334 Å². The van der Waals surface area contributed by atoms with Crippen LogP contribution in [0.15, 0.2) is 255 Å². The third-order valence-electron chi connectivity index (χ3n) is 30.8. The Morgan fingerprint density at radius 2 is 0.228 bits per heavy atom. The van der Waals surface area contributed by atoms with Crippen LogP contribution >= 0.6 is 0 Å². The SMILES string of the molecule is CC.CC.Cc1cc(-c2cc(-c3cc(-c4ccccc4)cc(-c4cc(-c5cc(C)c(C)c(C)c5)c(-c5cc(C)c(C)c(C)c5)c(-c5cc(C)c(C)c(C)c5)c4)c3)cc(C)c2-c2cc(C)c(C)c(C)c2)cc(C)c1C.Cc1cc(-c2cc(-c3cc(-c4ccccc4)cc(-c4cc(-c5cc(C)c(C)c(C)c5)c(C)c(-c5cc(C)c(C)c(C)c5)c4)c3)cc(-c3cc(C)c(C)c(C)c3)c2C)cc(C)c1C. The fourth-order valence-electron chi connectivity index (χ4n) is 20.3. The summed E-state index contributed by atoms with van der Waals surface area (Å²) in [5.41, 5.74) is 77.1. The Bertz CT molecular complexity index is 6910. The van der Waals surface area contributed by atoms with Crippen LogP contribution in [-0.2, 0) is 0 Å². The molecule has 17 aromatic carbocycles. The van der Waals surface area contributed by atoms with Crippen LogP contribution in [0.1, 0.15) is 195 Å². The molecule has 0 N–H and O–H groups in total. The molecule has 0 fully saturated rings. The minimum Gasteiger partial charge on any atom is -0.0683 e. The van der Waals surface area contributed by atoms with E-state index in [1.54, 1.807) is 0 Å². The van der Waals surface area contributed by atoms with Gasteiger partial charge in [-0.15, -0.1) is 0 Å². The van der Waals surface area contributed by atoms with E-state index in [9.17, 15) is 0 Å². The summed E-state index contributed by atoms with van der Waals surface area (Å²) in [6, 6.07) is 99.2. The van der Waals surface area contributed by atoms with Gasteiger partial charge in [0.1, 0.15) is 0 Å². The van der Waals surface area contributed by atoms with Crippen molar-refractivity contribution in [2.24, 2.45) is 0 Å². The summed E-state index contributed by atoms with van der Waals surface area (Å²) in [4.78, 5) is 0. The Hall–Kier alpha value is -13.3. The van der Waals surface area contributed by atoms with E-state index in [0.29, 0.717) is 0 Å². The molecule has 0 radical (unpaired) electrons. The summed E-state index contributed by atoms with van der Waals surface area (Å²) in [5.74, 6) is 0. The van der Waals surface area contributed by atoms with Crippen molar-refractivity contribution >= 4 is 0 Å². The summed E-state index contributed by atoms with van der Waals surface area (Å²) in [5, 5.41) is 0. The van der Waals surface area contributed by atoms with Crippen LogP contribution in [0, 0.1) is 208 Å². The van der Waals surface area contributed by atoms with Gasteiger partial charge in [0.05, 0.1) is 0 Å². The normalized spacial score (nSPS) is 11.2. The molecular weight excluding hydrogens is 1630 g/mol. The van der Waals surface area contributed by atoms with Gasteiger partial charge < -0.3 is 0 Å². The van der Waals surface area contributed by atoms with Crippen molar-refractivity contribution in [3.63, 3.8) is 0 Å². The summed E-state index contributed by atoms with van der Waals surface area (Å²) in [6.45, 7) is 75.7. The maximum absolute atomic E-state index is 2.49. The van der Waals surface area contributed by atoms with Gasteiger partial charge in [0.25, 0.3) is 0 Å². The lowest BCUT2D eigenvalue weighted by Crippen LogP contribution is -1.98. The molecular formula is C136H144. The molecule has 0 aliphatic heterocycles. The number of hydrogen-bond donors (Lipinski definition) is 0. The fourth-order valence-corrected chi connectivity index (χ4v) is 20.3. The van der Waals surface area contributed by atoms with Crippen molar-refractivity contribution < 1.29 is 0 Å². The molecule has 0 amide bonds. The standard InChI is InChI=1S/C70H70.C62H62.2C2H6/c1-39-22-61(23-40(2)50(39)12)66-36-56(32-49(11)69(66)64-28-45(7)53(15)46(8)29-64)58-33-57(55-20-18-17-19-21-55)34-59(35-58)60-37-67(62-24-41(3)51(13)42(4)25-62)70(65-30-47(9)54(16)48(10)31-65)68(38-60)63-26-43(5)52(14)44(6)27-63;1-35-20-55(21-36(2)43(35)9)59-31-53(32-60(47(59)13)56-22-37(3)44(10)38(4)23-56)51-28-50(49-18-16-15-17-19-49)29-52(30-51)54-33-61(57-24-39(5)45(11)40(6)25-57)48(14)62(34-54)58-26-41(7)46(12)42(8)27-58;2*1-2/h17-38H,1-16H3;15-34H,1-14H3;2*1-2H3. The van der Waals surface area contributed by atoms with E-state index in [-0.39, 0.29) is 0 Å². The van der Waals surface area contributed by atoms with E-state index in [2.05, 4.69) is 462 Å². The smallest absolute Gasteiger partial charge is 0.00262 e. The second-order valence-corrected chi connectivity index (χ2v) is 39.5. The predicted octanol–water partition coefficient (Wildman–Crippen LogP) is 39.7. The molecule has 0 spiro atoms. The second-order valence-electron chi connectivity index (χ2n) is 39.5. The van der Waals surface area contributed by atoms with Gasteiger partial charge in [-0.3, -0.25) is 0 Å². The van der Waals surface area contributed by atoms with Gasteiger partial charge in [-0.25, -0.2) is 0 Å². The highest BCUT2D eigenvalue weighted by atomic mass is 14.3. The molecule has 0 aliphatic carbocycles. The first-order valence-electron chi connectivity index (χ1n) is 49.5. The first-order valence-corrected chi connectivity index (χ1v) is 49.5. The Labute approximate surface area is 818 Å². The third-order valence-corrected chi connectivity index (χ3v) is 30.8. The van der Waals surface area contributed by atoms with Crippen LogP contribution in [0.5, 0.6) is 0 Å². The molecule has 0 saturated carbocycles. The molecule has 0 saturated heterocycles. The number of rotatable bonds is 15. The van der Waals surface area contributed by atoms with Crippen molar-refractivity contribution in [2.45, 2.75) is 235 Å². The van der Waals surface area contributed by atoms with E-state index < -0.39 is 0 Å². The average molecular weight is 1780 g/mol. The molecule has 17 aromatic rings. The minimum absolute atomic E-state index is 1.19. The summed E-state index contributed by atoms with van der Waals surface area (Å²) in [6.07, 6.45) is 0. The van der Waals surface area contributed by atoms with Crippen molar-refractivity contribution in [3.05, 3.63) is 422 Å². The van der Waals surface area contributed by atoms with Crippen molar-refractivity contribution in [3.8, 4) is 167 Å². The molecule has 0 aliphatic rings. The lowest BCUT2D eigenvalue weighted by molar-refractivity contribution is 1.26. The van der Waals surface area contributed by atoms with Gasteiger partial charge >= 0.3 is 0 Å². The molecule has 17 rings (SSSR count). The first-order chi connectivity index (χ1) is 64.7. The second kappa shape index (κ2) is 40.7. The molecule has 0 aromatic heterocycles. The molecule has 0 bridgehead atoms. The minimum atomic E-state index is 1.19. The first kappa shape index (κ1) is 98.7. The lowest BCUT2D eigenvalue weighted by atomic mass is 9.81. The molecule has 0 heterocycles. The zero-order valence-electron chi connectivity index (χ0n) is 88.2. The average Bonchev–Trinajstić information content (AvgIpc) is 0.748. The Kier molecular flexibility index (Phi) is 29.6. The third kappa shape index (κ3) is 19.9. The van der Waals surface area contributed by atoms with Crippen LogP contribution in [0.25, 0.3) is 167 Å². The largest absolute Gasteiger partial charge is 0.0683 e. The summed E-state index contributed by atoms with van der Waals surface area (Å²) in [7, 11) is 0. The van der Waals surface area contributed by atoms with Crippen molar-refractivity contribution in [1.82, 2.24) is 0 Å². The predicted molar refractivity (Wildman–Crippen MR) is 599 cm³/mol. The highest BCUT2D eigenvalue weighted by Crippen LogP contribution is 2.51. The topological polar surface area (TPSA) is 0 Å². The Morgan fingerprint density at radius 3 is 0.426 bits per heavy atom.